The van der Waals surface area contributed by atoms with Crippen molar-refractivity contribution < 1.29 is 42.9 Å². The minimum Gasteiger partial charge on any atom is -0.490 e. The molecule has 0 saturated carbocycles. The molecule has 0 bridgehead atoms. The summed E-state index contributed by atoms with van der Waals surface area (Å²) in [5.41, 5.74) is 0.0835. The van der Waals surface area contributed by atoms with Crippen molar-refractivity contribution in [3.8, 4) is 17.2 Å². The van der Waals surface area contributed by atoms with Gasteiger partial charge in [0, 0.05) is 13.5 Å². The predicted octanol–water partition coefficient (Wildman–Crippen LogP) is 4.45. The number of ether oxygens (including phenoxy) is 5. The minimum atomic E-state index is -0.836. The van der Waals surface area contributed by atoms with Crippen molar-refractivity contribution in [2.24, 2.45) is 0 Å². The van der Waals surface area contributed by atoms with Crippen molar-refractivity contribution in [2.45, 2.75) is 52.9 Å². The Labute approximate surface area is 222 Å². The smallest absolute Gasteiger partial charge is 0.344 e. The van der Waals surface area contributed by atoms with Crippen LogP contribution in [0, 0.1) is 0 Å². The Balaban J connectivity index is 2.02. The highest BCUT2D eigenvalue weighted by molar-refractivity contribution is 5.94. The van der Waals surface area contributed by atoms with Crippen LogP contribution in [0.4, 0.5) is 0 Å². The fraction of sp³-hybridized carbons (Fsp3) is 0.429. The van der Waals surface area contributed by atoms with Gasteiger partial charge in [0.1, 0.15) is 11.3 Å². The molecule has 0 atom stereocenters. The Kier molecular flexibility index (Phi) is 13.4. The number of para-hydroxylation sites is 1. The van der Waals surface area contributed by atoms with Crippen LogP contribution in [0.15, 0.2) is 42.5 Å². The summed E-state index contributed by atoms with van der Waals surface area (Å²) in [5.74, 6) is -2.24. The summed E-state index contributed by atoms with van der Waals surface area (Å²) in [7, 11) is 0. The van der Waals surface area contributed by atoms with Gasteiger partial charge in [0.15, 0.2) is 11.5 Å². The molecule has 0 heterocycles. The van der Waals surface area contributed by atoms with Gasteiger partial charge < -0.3 is 29.0 Å². The van der Waals surface area contributed by atoms with E-state index in [0.717, 1.165) is 32.2 Å². The molecule has 0 spiro atoms. The van der Waals surface area contributed by atoms with E-state index >= 15 is 0 Å². The Morgan fingerprint density at radius 1 is 0.789 bits per heavy atom. The normalized spacial score (nSPS) is 10.4. The lowest BCUT2D eigenvalue weighted by molar-refractivity contribution is -0.134. The lowest BCUT2D eigenvalue weighted by atomic mass is 10.2. The predicted molar refractivity (Wildman–Crippen MR) is 138 cm³/mol. The first-order chi connectivity index (χ1) is 18.3. The maximum atomic E-state index is 12.6. The van der Waals surface area contributed by atoms with Crippen LogP contribution in [0.25, 0.3) is 0 Å². The molecular weight excluding hydrogens is 494 g/mol. The lowest BCUT2D eigenvalue weighted by Gasteiger charge is -2.13. The molecule has 206 valence electrons. The van der Waals surface area contributed by atoms with Crippen LogP contribution in [-0.2, 0) is 19.1 Å². The van der Waals surface area contributed by atoms with Crippen molar-refractivity contribution in [1.82, 2.24) is 5.32 Å². The molecule has 0 aromatic heterocycles. The molecule has 10 nitrogen and oxygen atoms in total. The molecule has 0 aliphatic rings. The summed E-state index contributed by atoms with van der Waals surface area (Å²) in [5, 5.41) is 3.13. The Morgan fingerprint density at radius 2 is 1.55 bits per heavy atom. The van der Waals surface area contributed by atoms with E-state index in [1.54, 1.807) is 12.1 Å². The van der Waals surface area contributed by atoms with Crippen LogP contribution in [0.2, 0.25) is 0 Å². The number of unbranched alkanes of at least 4 members (excludes halogenated alkanes) is 2. The number of rotatable bonds is 16. The van der Waals surface area contributed by atoms with Crippen LogP contribution in [0.5, 0.6) is 17.2 Å². The van der Waals surface area contributed by atoms with Gasteiger partial charge in [-0.15, -0.1) is 0 Å². The summed E-state index contributed by atoms with van der Waals surface area (Å²) >= 11 is 0. The average molecular weight is 530 g/mol. The number of carbonyl (C=O) groups excluding carboxylic acids is 4. The average Bonchev–Trinajstić information content (AvgIpc) is 2.89. The summed E-state index contributed by atoms with van der Waals surface area (Å²) in [6, 6.07) is 10.4. The zero-order valence-electron chi connectivity index (χ0n) is 22.1. The third-order valence-electron chi connectivity index (χ3n) is 5.08. The van der Waals surface area contributed by atoms with Gasteiger partial charge in [0.2, 0.25) is 6.79 Å². The SMILES string of the molecule is CCCCCOc1ccc(C(=O)OCOC(=O)c2ccccc2OC(C)=O)cc1OC(=O)CCNCCC. The quantitative estimate of drug-likeness (QED) is 0.144. The maximum Gasteiger partial charge on any atom is 0.344 e. The second-order valence-electron chi connectivity index (χ2n) is 8.26. The third-order valence-corrected chi connectivity index (χ3v) is 5.08. The van der Waals surface area contributed by atoms with Gasteiger partial charge in [-0.2, -0.15) is 0 Å². The van der Waals surface area contributed by atoms with Gasteiger partial charge in [0.05, 0.1) is 18.6 Å². The molecule has 0 fully saturated rings. The number of nitrogens with one attached hydrogen (secondary N) is 1. The van der Waals surface area contributed by atoms with Crippen LogP contribution < -0.4 is 19.5 Å². The highest BCUT2D eigenvalue weighted by atomic mass is 16.7. The summed E-state index contributed by atoms with van der Waals surface area (Å²) < 4.78 is 26.3. The standard InChI is InChI=1S/C28H35NO9/c1-4-6-9-17-34-24-13-12-21(18-25(24)38-26(31)14-16-29-15-5-2)27(32)35-19-36-28(33)22-10-7-8-11-23(22)37-20(3)30/h7-8,10-13,18,29H,4-6,9,14-17,19H2,1-3H3. The van der Waals surface area contributed by atoms with Crippen LogP contribution in [0.1, 0.15) is 73.6 Å². The fourth-order valence-corrected chi connectivity index (χ4v) is 3.21. The zero-order chi connectivity index (χ0) is 27.8. The largest absolute Gasteiger partial charge is 0.490 e. The maximum absolute atomic E-state index is 12.6. The van der Waals surface area contributed by atoms with Crippen LogP contribution >= 0.6 is 0 Å². The van der Waals surface area contributed by atoms with Gasteiger partial charge in [-0.1, -0.05) is 38.8 Å². The fourth-order valence-electron chi connectivity index (χ4n) is 3.21. The summed E-state index contributed by atoms with van der Waals surface area (Å²) in [4.78, 5) is 48.6. The van der Waals surface area contributed by atoms with E-state index in [1.165, 1.54) is 37.3 Å². The summed E-state index contributed by atoms with van der Waals surface area (Å²) in [6.07, 6.45) is 3.95. The van der Waals surface area contributed by atoms with Crippen molar-refractivity contribution in [3.63, 3.8) is 0 Å². The van der Waals surface area contributed by atoms with Gasteiger partial charge in [0.25, 0.3) is 0 Å². The number of hydrogen-bond donors (Lipinski definition) is 1. The monoisotopic (exact) mass is 529 g/mol. The topological polar surface area (TPSA) is 126 Å². The van der Waals surface area contributed by atoms with Gasteiger partial charge in [-0.3, -0.25) is 9.59 Å². The Morgan fingerprint density at radius 3 is 2.29 bits per heavy atom. The van der Waals surface area contributed by atoms with E-state index < -0.39 is 30.7 Å². The first-order valence-corrected chi connectivity index (χ1v) is 12.7. The first-order valence-electron chi connectivity index (χ1n) is 12.7. The van der Waals surface area contributed by atoms with E-state index in [2.05, 4.69) is 12.2 Å². The molecule has 0 saturated heterocycles. The lowest BCUT2D eigenvalue weighted by Crippen LogP contribution is -2.21. The number of hydrogen-bond acceptors (Lipinski definition) is 10. The number of benzene rings is 2. The molecule has 2 rings (SSSR count). The Bertz CT molecular complexity index is 1080. The van der Waals surface area contributed by atoms with Crippen molar-refractivity contribution in [3.05, 3.63) is 53.6 Å². The van der Waals surface area contributed by atoms with Crippen molar-refractivity contribution in [1.29, 1.82) is 0 Å². The van der Waals surface area contributed by atoms with Crippen LogP contribution in [0.3, 0.4) is 0 Å². The molecule has 0 aliphatic heterocycles. The molecule has 2 aromatic rings. The van der Waals surface area contributed by atoms with E-state index in [1.807, 2.05) is 6.92 Å². The van der Waals surface area contributed by atoms with Crippen LogP contribution in [-0.4, -0.2) is 50.4 Å². The molecule has 10 heteroatoms. The van der Waals surface area contributed by atoms with Crippen molar-refractivity contribution in [2.75, 3.05) is 26.5 Å². The van der Waals surface area contributed by atoms with Gasteiger partial charge in [-0.05, 0) is 49.7 Å². The second kappa shape index (κ2) is 16.8. The molecule has 0 aliphatic carbocycles. The molecule has 2 aromatic carbocycles. The number of esters is 4. The summed E-state index contributed by atoms with van der Waals surface area (Å²) in [6.45, 7) is 6.33. The molecule has 0 radical (unpaired) electrons. The van der Waals surface area contributed by atoms with E-state index in [0.29, 0.717) is 18.9 Å². The first kappa shape index (κ1) is 30.3. The molecule has 1 N–H and O–H groups in total. The van der Waals surface area contributed by atoms with Crippen molar-refractivity contribution >= 4 is 23.9 Å². The highest BCUT2D eigenvalue weighted by Crippen LogP contribution is 2.29. The number of carbonyl (C=O) groups is 4. The molecule has 38 heavy (non-hydrogen) atoms. The third kappa shape index (κ3) is 10.6. The second-order valence-corrected chi connectivity index (χ2v) is 8.26. The molecule has 0 amide bonds. The van der Waals surface area contributed by atoms with E-state index in [4.69, 9.17) is 23.7 Å². The van der Waals surface area contributed by atoms with Gasteiger partial charge >= 0.3 is 23.9 Å². The van der Waals surface area contributed by atoms with Gasteiger partial charge in [-0.25, -0.2) is 9.59 Å². The molecule has 0 unspecified atom stereocenters. The van der Waals surface area contributed by atoms with E-state index in [-0.39, 0.29) is 29.0 Å². The zero-order valence-corrected chi connectivity index (χ0v) is 22.1. The highest BCUT2D eigenvalue weighted by Gasteiger charge is 2.18. The Hall–Kier alpha value is -3.92. The molecular formula is C28H35NO9. The van der Waals surface area contributed by atoms with E-state index in [9.17, 15) is 19.2 Å². The minimum absolute atomic E-state index is 0.00551.